The summed E-state index contributed by atoms with van der Waals surface area (Å²) in [6, 6.07) is 54.3. The predicted molar refractivity (Wildman–Crippen MR) is 524 cm³/mol. The second-order valence-electron chi connectivity index (χ2n) is 28.2. The van der Waals surface area contributed by atoms with E-state index in [4.69, 9.17) is 80.3 Å². The van der Waals surface area contributed by atoms with Crippen molar-refractivity contribution in [2.75, 3.05) is 142 Å². The molecule has 18 nitrogen and oxygen atoms in total. The van der Waals surface area contributed by atoms with Crippen molar-refractivity contribution in [1.29, 1.82) is 0 Å². The Bertz CT molecular complexity index is 5450. The van der Waals surface area contributed by atoms with Gasteiger partial charge in [0.15, 0.2) is 21.7 Å². The van der Waals surface area contributed by atoms with Crippen molar-refractivity contribution in [2.45, 2.75) is 119 Å². The summed E-state index contributed by atoms with van der Waals surface area (Å²) in [4.78, 5) is 91.9. The molecule has 26 heteroatoms. The molecule has 0 amide bonds. The van der Waals surface area contributed by atoms with E-state index >= 15 is 0 Å². The van der Waals surface area contributed by atoms with Gasteiger partial charge < -0.3 is 53.5 Å². The summed E-state index contributed by atoms with van der Waals surface area (Å²) in [6.07, 6.45) is 10.6. The quantitative estimate of drug-likeness (QED) is 0.00908. The maximum absolute atomic E-state index is 12.8. The summed E-state index contributed by atoms with van der Waals surface area (Å²) in [5.41, 5.74) is 1.53. The van der Waals surface area contributed by atoms with Crippen LogP contribution < -0.4 is 35.9 Å². The molecule has 0 atom stereocenters. The molecule has 4 heterocycles. The molecule has 12 aromatic rings. The third kappa shape index (κ3) is 35.7. The standard InChI is InChI=1S/C23H26ClNO4S.C23H25NO4S.C20H23NO3S.C17H15ClOS.C6H15N.C5H12O.C3H4Cl2O/c1-2-25(13-15-29-22(26)10-11-24)12-5-14-28-17-8-9-21-19(16-17)23(27)18-6-3-4-7-20(18)30-21;1-3-22(25)28-15-13-24(4-2)12-7-14-27-17-10-11-21-19(16-17)23(26)18-8-5-6-9-20(18)29-21;1-2-21(11-12-22)10-5-13-24-15-8-9-19-17(14-15)20(23)16-6-3-4-7-18(16)25-19;18-10-4-3-5-12-8-9-16-14(11-12)17(19)13-6-1-2-7-15(13)20-16;1-4-7(5-2)6-3;1-2-3-4-5-6;4-2-1-3(5)6/h3-4,6-9,16H,2,5,10-15H2,1H3;3,5-6,8-11,16H,1,4,7,12-15H2,2H3;3-4,6-9,14,22H,2,5,10-13H2,1H3;1-2,6-9,11H,3-5,10H2;4-6H2,1-3H3;6H,2-5H2,1H3;1-2H2. The van der Waals surface area contributed by atoms with E-state index in [1.54, 1.807) is 45.3 Å². The molecule has 0 saturated heterocycles. The lowest BCUT2D eigenvalue weighted by atomic mass is 10.1. The molecule has 0 spiro atoms. The second kappa shape index (κ2) is 59.8. The number of alkyl halides is 3. The van der Waals surface area contributed by atoms with E-state index in [0.717, 1.165) is 166 Å². The topological polar surface area (TPSA) is 219 Å². The Morgan fingerprint density at radius 3 is 1.02 bits per heavy atom. The number of ether oxygens (including phenoxy) is 5. The van der Waals surface area contributed by atoms with Gasteiger partial charge in [-0.1, -0.05) is 122 Å². The van der Waals surface area contributed by atoms with Gasteiger partial charge in [0.05, 0.1) is 32.8 Å². The molecule has 0 radical (unpaired) electrons. The summed E-state index contributed by atoms with van der Waals surface area (Å²) >= 11 is 27.7. The van der Waals surface area contributed by atoms with Crippen molar-refractivity contribution in [3.63, 3.8) is 0 Å². The minimum Gasteiger partial charge on any atom is -0.494 e. The molecule has 0 saturated carbocycles. The molecule has 0 aliphatic rings. The molecule has 123 heavy (non-hydrogen) atoms. The molecule has 12 rings (SSSR count). The maximum Gasteiger partial charge on any atom is 0.330 e. The van der Waals surface area contributed by atoms with Crippen LogP contribution in [-0.4, -0.2) is 189 Å². The van der Waals surface area contributed by atoms with Crippen molar-refractivity contribution >= 4 is 190 Å². The van der Waals surface area contributed by atoms with E-state index < -0.39 is 5.97 Å². The van der Waals surface area contributed by atoms with Crippen molar-refractivity contribution in [2.24, 2.45) is 0 Å². The van der Waals surface area contributed by atoms with Gasteiger partial charge in [0.2, 0.25) is 5.24 Å². The first-order valence-corrected chi connectivity index (χ1v) is 47.7. The van der Waals surface area contributed by atoms with Crippen LogP contribution in [0.2, 0.25) is 0 Å². The van der Waals surface area contributed by atoms with E-state index in [1.807, 2.05) is 152 Å². The largest absolute Gasteiger partial charge is 0.494 e. The number of carbonyl (C=O) groups is 3. The molecule has 0 aliphatic heterocycles. The first-order valence-electron chi connectivity index (χ1n) is 42.4. The zero-order valence-electron chi connectivity index (χ0n) is 72.0. The predicted octanol–water partition coefficient (Wildman–Crippen LogP) is 21.3. The Hall–Kier alpha value is -8.01. The molecule has 0 fully saturated rings. The molecule has 8 aromatic carbocycles. The molecule has 2 N–H and O–H groups in total. The molecular formula is C97H120Cl4N4O14S4. The summed E-state index contributed by atoms with van der Waals surface area (Å²) in [5.74, 6) is 2.81. The highest BCUT2D eigenvalue weighted by molar-refractivity contribution is 7.25. The molecule has 0 bridgehead atoms. The Balaban J connectivity index is 0.000000238. The number of aliphatic hydroxyl groups excluding tert-OH is 2. The van der Waals surface area contributed by atoms with Gasteiger partial charge >= 0.3 is 11.9 Å². The number of aryl methyl sites for hydroxylation is 1. The minimum atomic E-state index is -0.396. The average Bonchev–Trinajstić information content (AvgIpc) is 0.797. The number of nitrogens with zero attached hydrogens (tertiary/aromatic N) is 4. The first kappa shape index (κ1) is 104. The summed E-state index contributed by atoms with van der Waals surface area (Å²) < 4.78 is 35.8. The molecule has 0 unspecified atom stereocenters. The molecular weight excluding hydrogens is 1720 g/mol. The van der Waals surface area contributed by atoms with Gasteiger partial charge in [0.1, 0.15) is 30.5 Å². The number of aliphatic hydroxyl groups is 2. The van der Waals surface area contributed by atoms with Gasteiger partial charge in [-0.05, 0) is 217 Å². The van der Waals surface area contributed by atoms with Crippen LogP contribution in [0, 0.1) is 0 Å². The van der Waals surface area contributed by atoms with Crippen molar-refractivity contribution in [3.05, 3.63) is 229 Å². The fourth-order valence-electron chi connectivity index (χ4n) is 12.8. The van der Waals surface area contributed by atoms with Crippen LogP contribution in [0.25, 0.3) is 80.7 Å². The Morgan fingerprint density at radius 1 is 0.366 bits per heavy atom. The fourth-order valence-corrected chi connectivity index (χ4v) is 17.7. The van der Waals surface area contributed by atoms with Crippen LogP contribution >= 0.6 is 91.8 Å². The van der Waals surface area contributed by atoms with Gasteiger partial charge in [-0.2, -0.15) is 0 Å². The van der Waals surface area contributed by atoms with E-state index in [9.17, 15) is 33.6 Å². The third-order valence-electron chi connectivity index (χ3n) is 19.7. The van der Waals surface area contributed by atoms with Crippen LogP contribution in [-0.2, 0) is 30.3 Å². The fraction of sp³-hybridized carbons (Fsp3) is 0.412. The van der Waals surface area contributed by atoms with Crippen molar-refractivity contribution < 1.29 is 48.3 Å². The van der Waals surface area contributed by atoms with Crippen LogP contribution in [0.15, 0.2) is 202 Å². The zero-order chi connectivity index (χ0) is 89.1. The van der Waals surface area contributed by atoms with Crippen LogP contribution in [0.1, 0.15) is 118 Å². The van der Waals surface area contributed by atoms with Gasteiger partial charge in [0, 0.05) is 157 Å². The number of rotatable bonds is 41. The van der Waals surface area contributed by atoms with Gasteiger partial charge in [-0.15, -0.1) is 80.1 Å². The van der Waals surface area contributed by atoms with Crippen LogP contribution in [0.3, 0.4) is 0 Å². The number of unbranched alkanes of at least 4 members (excludes halogenated alkanes) is 3. The summed E-state index contributed by atoms with van der Waals surface area (Å²) in [7, 11) is 0. The number of benzene rings is 8. The van der Waals surface area contributed by atoms with E-state index in [2.05, 4.69) is 92.8 Å². The number of esters is 2. The highest BCUT2D eigenvalue weighted by Crippen LogP contribution is 2.32. The number of carbonyl (C=O) groups excluding carboxylic acids is 3. The Labute approximate surface area is 759 Å². The van der Waals surface area contributed by atoms with Gasteiger partial charge in [0.25, 0.3) is 0 Å². The zero-order valence-corrected chi connectivity index (χ0v) is 78.3. The number of halogens is 4. The number of likely N-dealkylation sites (N-methyl/N-ethyl adjacent to an activating group) is 3. The summed E-state index contributed by atoms with van der Waals surface area (Å²) in [6.45, 7) is 32.1. The SMILES string of the molecule is C=CC(=O)OCCN(CC)CCCOc1ccc2sc3ccccc3c(=O)c2c1.CCCCCO.CCN(CC)CC.CCN(CCCOc1ccc2sc3ccccc3c(=O)c2c1)CCOC(=O)CCCl.CCN(CCO)CCCOc1ccc2sc3ccccc3c(=O)c2c1.O=C(Cl)CCCl.O=c1c2ccccc2sc2ccc(CCCCCl)cc12. The van der Waals surface area contributed by atoms with Crippen molar-refractivity contribution in [1.82, 2.24) is 19.6 Å². The lowest BCUT2D eigenvalue weighted by Crippen LogP contribution is -2.30. The molecule has 0 aliphatic carbocycles. The number of hydrogen-bond acceptors (Lipinski definition) is 22. The minimum absolute atomic E-state index is 0.0469. The van der Waals surface area contributed by atoms with E-state index in [1.165, 1.54) is 37.7 Å². The monoisotopic (exact) mass is 1830 g/mol. The number of hydrogen-bond donors (Lipinski definition) is 2. The van der Waals surface area contributed by atoms with E-state index in [0.29, 0.717) is 93.3 Å². The van der Waals surface area contributed by atoms with Crippen LogP contribution in [0.4, 0.5) is 0 Å². The number of fused-ring (bicyclic) bond motifs is 8. The first-order chi connectivity index (χ1) is 59.8. The van der Waals surface area contributed by atoms with Gasteiger partial charge in [-0.3, -0.25) is 28.8 Å². The average molecular weight is 1840 g/mol. The second-order valence-corrected chi connectivity index (χ2v) is 34.1. The highest BCUT2D eigenvalue weighted by atomic mass is 35.5. The Morgan fingerprint density at radius 2 is 0.715 bits per heavy atom. The normalized spacial score (nSPS) is 11.0. The summed E-state index contributed by atoms with van der Waals surface area (Å²) in [5, 5.41) is 22.9. The Kier molecular flexibility index (Phi) is 50.5. The van der Waals surface area contributed by atoms with E-state index in [-0.39, 0.29) is 58.3 Å². The smallest absolute Gasteiger partial charge is 0.330 e. The lowest BCUT2D eigenvalue weighted by Gasteiger charge is -2.20. The third-order valence-corrected chi connectivity index (χ3v) is 25.2. The maximum atomic E-state index is 12.8. The molecule has 664 valence electrons. The van der Waals surface area contributed by atoms with Crippen LogP contribution in [0.5, 0.6) is 17.2 Å². The van der Waals surface area contributed by atoms with Crippen molar-refractivity contribution in [3.8, 4) is 17.2 Å². The highest BCUT2D eigenvalue weighted by Gasteiger charge is 2.14. The van der Waals surface area contributed by atoms with Gasteiger partial charge in [-0.25, -0.2) is 4.79 Å². The lowest BCUT2D eigenvalue weighted by molar-refractivity contribution is -0.143. The molecule has 4 aromatic heterocycles.